The van der Waals surface area contributed by atoms with Gasteiger partial charge >= 0.3 is 0 Å². The number of halogens is 1. The Morgan fingerprint density at radius 3 is 2.46 bits per heavy atom. The third-order valence-electron chi connectivity index (χ3n) is 4.78. The smallest absolute Gasteiger partial charge is 0.169 e. The van der Waals surface area contributed by atoms with Crippen LogP contribution in [0.4, 0.5) is 0 Å². The van der Waals surface area contributed by atoms with Crippen LogP contribution in [-0.4, -0.2) is 102 Å². The number of aliphatic hydroxyl groups excluding tert-OH is 7. The SMILES string of the molecule is OC[C@@H]1[C@@H](O)[C@H](O)C[S+]1C[C@@H](O)[C@H](OCc1cccc(Cl)c1)[C@H](O)[C@@H](O)CO. The summed E-state index contributed by atoms with van der Waals surface area (Å²) in [4.78, 5) is 0. The van der Waals surface area contributed by atoms with Crippen molar-refractivity contribution < 1.29 is 40.5 Å². The standard InChI is InChI=1S/C18H28ClO8S/c19-11-3-1-2-10(4-11)7-27-18(17(26)12(22)5-20)14(24)9-28-8-13(23)16(25)15(28)6-21/h1-4,12-18,20-26H,5-9H2/q+1/t12-,13+,14+,15+,16-,17+,18-,28?/m0/s1. The minimum atomic E-state index is -1.56. The minimum Gasteiger partial charge on any atom is -0.394 e. The van der Waals surface area contributed by atoms with Crippen LogP contribution < -0.4 is 0 Å². The average Bonchev–Trinajstić information content (AvgIpc) is 2.93. The summed E-state index contributed by atoms with van der Waals surface area (Å²) in [6, 6.07) is 6.82. The Hall–Kier alpha value is -0.460. The van der Waals surface area contributed by atoms with Gasteiger partial charge < -0.3 is 40.5 Å². The first kappa shape index (κ1) is 23.8. The van der Waals surface area contributed by atoms with E-state index in [1.807, 2.05) is 0 Å². The van der Waals surface area contributed by atoms with Crippen molar-refractivity contribution in [1.82, 2.24) is 0 Å². The van der Waals surface area contributed by atoms with E-state index in [0.29, 0.717) is 10.6 Å². The lowest BCUT2D eigenvalue weighted by Gasteiger charge is -2.30. The molecular formula is C18H28ClO8S+. The summed E-state index contributed by atoms with van der Waals surface area (Å²) in [5.41, 5.74) is 0.692. The maximum atomic E-state index is 10.7. The van der Waals surface area contributed by atoms with Gasteiger partial charge in [-0.25, -0.2) is 0 Å². The second kappa shape index (κ2) is 11.1. The molecule has 2 rings (SSSR count). The van der Waals surface area contributed by atoms with Crippen molar-refractivity contribution in [3.63, 3.8) is 0 Å². The van der Waals surface area contributed by atoms with E-state index in [1.165, 1.54) is 0 Å². The molecule has 1 aromatic rings. The van der Waals surface area contributed by atoms with Crippen LogP contribution in [-0.2, 0) is 22.2 Å². The van der Waals surface area contributed by atoms with Crippen LogP contribution in [0.25, 0.3) is 0 Å². The normalized spacial score (nSPS) is 29.4. The molecule has 0 radical (unpaired) electrons. The van der Waals surface area contributed by atoms with E-state index in [9.17, 15) is 30.6 Å². The Morgan fingerprint density at radius 2 is 1.86 bits per heavy atom. The van der Waals surface area contributed by atoms with Crippen molar-refractivity contribution in [3.05, 3.63) is 34.9 Å². The van der Waals surface area contributed by atoms with E-state index < -0.39 is 59.4 Å². The fourth-order valence-electron chi connectivity index (χ4n) is 3.19. The van der Waals surface area contributed by atoms with Gasteiger partial charge in [-0.05, 0) is 17.7 Å². The highest BCUT2D eigenvalue weighted by Gasteiger charge is 2.51. The Balaban J connectivity index is 2.09. The van der Waals surface area contributed by atoms with Crippen molar-refractivity contribution in [3.8, 4) is 0 Å². The lowest BCUT2D eigenvalue weighted by Crippen LogP contribution is -2.50. The predicted molar refractivity (Wildman–Crippen MR) is 105 cm³/mol. The van der Waals surface area contributed by atoms with Crippen LogP contribution in [0.3, 0.4) is 0 Å². The molecule has 1 unspecified atom stereocenters. The lowest BCUT2D eigenvalue weighted by atomic mass is 10.0. The Morgan fingerprint density at radius 1 is 1.14 bits per heavy atom. The molecule has 160 valence electrons. The van der Waals surface area contributed by atoms with Crippen LogP contribution in [0, 0.1) is 0 Å². The molecule has 1 saturated heterocycles. The molecule has 1 heterocycles. The molecule has 8 atom stereocenters. The first-order chi connectivity index (χ1) is 13.3. The van der Waals surface area contributed by atoms with Gasteiger partial charge in [-0.2, -0.15) is 0 Å². The zero-order valence-corrected chi connectivity index (χ0v) is 16.8. The summed E-state index contributed by atoms with van der Waals surface area (Å²) in [5.74, 6) is 0.262. The van der Waals surface area contributed by atoms with Gasteiger partial charge in [-0.15, -0.1) is 0 Å². The number of aliphatic hydroxyl groups is 7. The van der Waals surface area contributed by atoms with Gasteiger partial charge in [0.25, 0.3) is 0 Å². The highest BCUT2D eigenvalue weighted by atomic mass is 35.5. The van der Waals surface area contributed by atoms with Crippen molar-refractivity contribution >= 4 is 22.5 Å². The Bertz CT molecular complexity index is 609. The number of benzene rings is 1. The van der Waals surface area contributed by atoms with E-state index in [4.69, 9.17) is 21.4 Å². The number of rotatable bonds is 10. The third kappa shape index (κ3) is 6.02. The first-order valence-corrected chi connectivity index (χ1v) is 10.9. The summed E-state index contributed by atoms with van der Waals surface area (Å²) < 4.78 is 5.65. The molecule has 1 aliphatic rings. The van der Waals surface area contributed by atoms with Crippen molar-refractivity contribution in [2.75, 3.05) is 24.7 Å². The van der Waals surface area contributed by atoms with Gasteiger partial charge in [-0.3, -0.25) is 0 Å². The van der Waals surface area contributed by atoms with Crippen LogP contribution in [0.1, 0.15) is 5.56 Å². The molecule has 1 aromatic carbocycles. The second-order valence-corrected chi connectivity index (χ2v) is 9.65. The van der Waals surface area contributed by atoms with Crippen LogP contribution >= 0.6 is 11.6 Å². The summed E-state index contributed by atoms with van der Waals surface area (Å²) in [6.07, 6.45) is -7.65. The predicted octanol–water partition coefficient (Wildman–Crippen LogP) is -1.99. The summed E-state index contributed by atoms with van der Waals surface area (Å²) in [7, 11) is -0.716. The van der Waals surface area contributed by atoms with Gasteiger partial charge in [0.15, 0.2) is 5.25 Å². The fourth-order valence-corrected chi connectivity index (χ4v) is 6.08. The largest absolute Gasteiger partial charge is 0.394 e. The molecule has 1 aliphatic heterocycles. The Labute approximate surface area is 171 Å². The van der Waals surface area contributed by atoms with E-state index in [1.54, 1.807) is 24.3 Å². The topological polar surface area (TPSA) is 151 Å². The van der Waals surface area contributed by atoms with Crippen molar-refractivity contribution in [1.29, 1.82) is 0 Å². The highest BCUT2D eigenvalue weighted by molar-refractivity contribution is 7.97. The maximum Gasteiger partial charge on any atom is 0.169 e. The van der Waals surface area contributed by atoms with Gasteiger partial charge in [0.05, 0.1) is 19.8 Å². The molecule has 1 fully saturated rings. The van der Waals surface area contributed by atoms with Gasteiger partial charge in [0.2, 0.25) is 0 Å². The molecule has 7 N–H and O–H groups in total. The van der Waals surface area contributed by atoms with Crippen LogP contribution in [0.2, 0.25) is 5.02 Å². The molecular weight excluding hydrogens is 412 g/mol. The van der Waals surface area contributed by atoms with E-state index >= 15 is 0 Å². The molecule has 10 heteroatoms. The molecule has 28 heavy (non-hydrogen) atoms. The quantitative estimate of drug-likeness (QED) is 0.207. The zero-order valence-electron chi connectivity index (χ0n) is 15.2. The number of hydrogen-bond donors (Lipinski definition) is 7. The average molecular weight is 440 g/mol. The zero-order chi connectivity index (χ0) is 20.8. The summed E-state index contributed by atoms with van der Waals surface area (Å²) in [5, 5.41) is 69.1. The number of ether oxygens (including phenoxy) is 1. The van der Waals surface area contributed by atoms with Crippen molar-refractivity contribution in [2.24, 2.45) is 0 Å². The Kier molecular flexibility index (Phi) is 9.42. The van der Waals surface area contributed by atoms with Gasteiger partial charge in [-0.1, -0.05) is 23.7 Å². The maximum absolute atomic E-state index is 10.7. The second-order valence-electron chi connectivity index (χ2n) is 6.86. The van der Waals surface area contributed by atoms with E-state index in [2.05, 4.69) is 0 Å². The van der Waals surface area contributed by atoms with Gasteiger partial charge in [0, 0.05) is 15.9 Å². The van der Waals surface area contributed by atoms with Crippen molar-refractivity contribution in [2.45, 2.75) is 48.5 Å². The lowest BCUT2D eigenvalue weighted by molar-refractivity contribution is -0.141. The highest BCUT2D eigenvalue weighted by Crippen LogP contribution is 2.26. The molecule has 0 aromatic heterocycles. The molecule has 8 nitrogen and oxygen atoms in total. The summed E-state index contributed by atoms with van der Waals surface area (Å²) >= 11 is 5.93. The monoisotopic (exact) mass is 439 g/mol. The molecule has 0 bridgehead atoms. The van der Waals surface area contributed by atoms with Crippen LogP contribution in [0.5, 0.6) is 0 Å². The third-order valence-corrected chi connectivity index (χ3v) is 7.84. The molecule has 0 aliphatic carbocycles. The van der Waals surface area contributed by atoms with Gasteiger partial charge in [0.1, 0.15) is 48.1 Å². The van der Waals surface area contributed by atoms with E-state index in [-0.39, 0.29) is 24.7 Å². The summed E-state index contributed by atoms with van der Waals surface area (Å²) in [6.45, 7) is -1.06. The van der Waals surface area contributed by atoms with E-state index in [0.717, 1.165) is 0 Å². The fraction of sp³-hybridized carbons (Fsp3) is 0.667. The van der Waals surface area contributed by atoms with Crippen LogP contribution in [0.15, 0.2) is 24.3 Å². The minimum absolute atomic E-state index is 0.0000480. The number of hydrogen-bond acceptors (Lipinski definition) is 8. The molecule has 0 spiro atoms. The molecule has 0 saturated carbocycles. The first-order valence-electron chi connectivity index (χ1n) is 8.92. The molecule has 0 amide bonds.